The van der Waals surface area contributed by atoms with Crippen molar-refractivity contribution in [3.05, 3.63) is 66.0 Å². The van der Waals surface area contributed by atoms with Gasteiger partial charge in [-0.3, -0.25) is 4.79 Å². The zero-order valence-electron chi connectivity index (χ0n) is 27.0. The van der Waals surface area contributed by atoms with Gasteiger partial charge in [0.1, 0.15) is 23.9 Å². The van der Waals surface area contributed by atoms with Gasteiger partial charge in [0.2, 0.25) is 0 Å². The molecule has 12 nitrogen and oxygen atoms in total. The van der Waals surface area contributed by atoms with Crippen LogP contribution in [0.4, 0.5) is 10.6 Å². The number of ether oxygens (including phenoxy) is 4. The van der Waals surface area contributed by atoms with Crippen LogP contribution in [0.3, 0.4) is 0 Å². The molecule has 2 atom stereocenters. The van der Waals surface area contributed by atoms with Crippen LogP contribution in [0.5, 0.6) is 5.75 Å². The maximum atomic E-state index is 12.2. The molecule has 0 bridgehead atoms. The van der Waals surface area contributed by atoms with Crippen LogP contribution in [0.2, 0.25) is 0 Å². The number of amides is 1. The molecule has 0 spiro atoms. The van der Waals surface area contributed by atoms with E-state index in [9.17, 15) is 9.59 Å². The van der Waals surface area contributed by atoms with Gasteiger partial charge >= 0.3 is 12.1 Å². The molecule has 4 heterocycles. The van der Waals surface area contributed by atoms with Gasteiger partial charge in [0.25, 0.3) is 0 Å². The lowest BCUT2D eigenvalue weighted by Crippen LogP contribution is -2.28. The highest BCUT2D eigenvalue weighted by Crippen LogP contribution is 2.35. The average molecular weight is 643 g/mol. The van der Waals surface area contributed by atoms with E-state index in [1.165, 1.54) is 6.92 Å². The Morgan fingerprint density at radius 2 is 1.83 bits per heavy atom. The summed E-state index contributed by atoms with van der Waals surface area (Å²) in [6.07, 6.45) is 4.91. The van der Waals surface area contributed by atoms with Crippen molar-refractivity contribution in [2.45, 2.75) is 77.9 Å². The summed E-state index contributed by atoms with van der Waals surface area (Å²) in [6, 6.07) is 17.5. The Morgan fingerprint density at radius 3 is 2.60 bits per heavy atom. The van der Waals surface area contributed by atoms with Crippen LogP contribution < -0.4 is 15.0 Å². The van der Waals surface area contributed by atoms with Crippen LogP contribution in [0.15, 0.2) is 54.6 Å². The first-order valence-corrected chi connectivity index (χ1v) is 16.4. The van der Waals surface area contributed by atoms with Gasteiger partial charge in [0, 0.05) is 51.0 Å². The number of fused-ring (bicyclic) bond motifs is 1. The topological polar surface area (TPSA) is 130 Å². The van der Waals surface area contributed by atoms with Gasteiger partial charge in [-0.1, -0.05) is 30.3 Å². The number of esters is 1. The largest absolute Gasteiger partial charge is 0.491 e. The smallest absolute Gasteiger partial charge is 0.407 e. The van der Waals surface area contributed by atoms with E-state index >= 15 is 0 Å². The first-order valence-electron chi connectivity index (χ1n) is 16.4. The molecule has 6 rings (SSSR count). The van der Waals surface area contributed by atoms with Crippen LogP contribution >= 0.6 is 0 Å². The molecule has 1 N–H and O–H groups in total. The number of hydrogen-bond acceptors (Lipinski definition) is 10. The SMILES string of the molecule is CC(=O)OCc1nc(-c2nn(C3CCCCO3)c3ccc(O[C@H](C)CCNC(=O)OCc4ccccc4)cc23)cc(N2CCCC2)n1. The summed E-state index contributed by atoms with van der Waals surface area (Å²) >= 11 is 0. The van der Waals surface area contributed by atoms with Gasteiger partial charge in [-0.2, -0.15) is 5.10 Å². The van der Waals surface area contributed by atoms with Crippen molar-refractivity contribution in [2.24, 2.45) is 0 Å². The summed E-state index contributed by atoms with van der Waals surface area (Å²) in [5.41, 5.74) is 3.17. The fraction of sp³-hybridized carbons (Fsp3) is 0.457. The molecule has 0 saturated carbocycles. The van der Waals surface area contributed by atoms with E-state index in [1.807, 2.05) is 66.2 Å². The number of aromatic nitrogens is 4. The summed E-state index contributed by atoms with van der Waals surface area (Å²) < 4.78 is 25.0. The standard InChI is InChI=1S/C35H42N6O6/c1-24(15-16-36-35(43)46-22-26-10-4-3-5-11-26)47-27-13-14-30-28(20-27)34(39-41(30)33-12-6-9-19-44-33)29-21-32(40-17-7-8-18-40)38-31(37-29)23-45-25(2)42/h3-5,10-11,13-14,20-21,24,33H,6-9,12,15-19,22-23H2,1-2H3,(H,36,43)/t24-,33?/m1/s1. The van der Waals surface area contributed by atoms with Crippen molar-refractivity contribution in [1.82, 2.24) is 25.1 Å². The van der Waals surface area contributed by atoms with Crippen LogP contribution in [-0.2, 0) is 32.2 Å². The van der Waals surface area contributed by atoms with E-state index < -0.39 is 6.09 Å². The van der Waals surface area contributed by atoms with E-state index in [0.717, 1.165) is 67.5 Å². The fourth-order valence-corrected chi connectivity index (χ4v) is 5.90. The van der Waals surface area contributed by atoms with Gasteiger partial charge in [0.15, 0.2) is 18.7 Å². The quantitative estimate of drug-likeness (QED) is 0.185. The lowest BCUT2D eigenvalue weighted by atomic mass is 10.1. The molecule has 2 aromatic heterocycles. The Bertz CT molecular complexity index is 1670. The molecule has 2 fully saturated rings. The number of hydrogen-bond donors (Lipinski definition) is 1. The van der Waals surface area contributed by atoms with E-state index in [-0.39, 0.29) is 31.5 Å². The summed E-state index contributed by atoms with van der Waals surface area (Å²) in [5.74, 6) is 1.51. The molecule has 2 aromatic carbocycles. The summed E-state index contributed by atoms with van der Waals surface area (Å²) in [7, 11) is 0. The third-order valence-electron chi connectivity index (χ3n) is 8.31. The normalized spacial score (nSPS) is 17.0. The summed E-state index contributed by atoms with van der Waals surface area (Å²) in [5, 5.41) is 8.75. The molecule has 2 aliphatic heterocycles. The van der Waals surface area contributed by atoms with E-state index in [4.69, 9.17) is 34.0 Å². The van der Waals surface area contributed by atoms with Crippen molar-refractivity contribution < 1.29 is 28.5 Å². The summed E-state index contributed by atoms with van der Waals surface area (Å²) in [6.45, 7) is 6.45. The second-order valence-corrected chi connectivity index (χ2v) is 12.0. The first kappa shape index (κ1) is 32.2. The van der Waals surface area contributed by atoms with Gasteiger partial charge < -0.3 is 29.2 Å². The Labute approximate surface area is 274 Å². The van der Waals surface area contributed by atoms with Gasteiger partial charge in [-0.05, 0) is 62.8 Å². The Morgan fingerprint density at radius 1 is 1.00 bits per heavy atom. The number of carbonyl (C=O) groups is 2. The van der Waals surface area contributed by atoms with Crippen LogP contribution in [0.25, 0.3) is 22.3 Å². The molecule has 2 saturated heterocycles. The van der Waals surface area contributed by atoms with E-state index in [0.29, 0.717) is 42.5 Å². The van der Waals surface area contributed by atoms with Crippen molar-refractivity contribution in [1.29, 1.82) is 0 Å². The molecular formula is C35H42N6O6. The lowest BCUT2D eigenvalue weighted by Gasteiger charge is -2.23. The zero-order valence-corrected chi connectivity index (χ0v) is 27.0. The predicted molar refractivity (Wildman–Crippen MR) is 176 cm³/mol. The Kier molecular flexibility index (Phi) is 10.5. The lowest BCUT2D eigenvalue weighted by molar-refractivity contribution is -0.142. The summed E-state index contributed by atoms with van der Waals surface area (Å²) in [4.78, 5) is 35.6. The van der Waals surface area contributed by atoms with Crippen molar-refractivity contribution in [3.63, 3.8) is 0 Å². The van der Waals surface area contributed by atoms with E-state index in [1.54, 1.807) is 0 Å². The van der Waals surface area contributed by atoms with Gasteiger partial charge in [-0.15, -0.1) is 0 Å². The molecule has 0 radical (unpaired) electrons. The third-order valence-corrected chi connectivity index (χ3v) is 8.31. The molecule has 0 aliphatic carbocycles. The van der Waals surface area contributed by atoms with E-state index in [2.05, 4.69) is 10.2 Å². The van der Waals surface area contributed by atoms with Crippen molar-refractivity contribution in [3.8, 4) is 17.1 Å². The maximum Gasteiger partial charge on any atom is 0.407 e. The monoisotopic (exact) mass is 642 g/mol. The van der Waals surface area contributed by atoms with Crippen molar-refractivity contribution >= 4 is 28.8 Å². The van der Waals surface area contributed by atoms with Crippen molar-refractivity contribution in [2.75, 3.05) is 31.1 Å². The minimum absolute atomic E-state index is 0.0197. The second-order valence-electron chi connectivity index (χ2n) is 12.0. The van der Waals surface area contributed by atoms with Gasteiger partial charge in [0.05, 0.1) is 17.3 Å². The number of nitrogens with zero attached hydrogens (tertiary/aromatic N) is 5. The first-order chi connectivity index (χ1) is 22.9. The number of rotatable bonds is 12. The molecule has 4 aromatic rings. The Balaban J connectivity index is 1.22. The molecule has 47 heavy (non-hydrogen) atoms. The highest BCUT2D eigenvalue weighted by molar-refractivity contribution is 5.94. The van der Waals surface area contributed by atoms with Crippen LogP contribution in [0.1, 0.15) is 70.0 Å². The van der Waals surface area contributed by atoms with Gasteiger partial charge in [-0.25, -0.2) is 19.4 Å². The zero-order chi connectivity index (χ0) is 32.6. The molecule has 1 unspecified atom stereocenters. The van der Waals surface area contributed by atoms with Crippen LogP contribution in [0, 0.1) is 0 Å². The third kappa shape index (κ3) is 8.37. The number of alkyl carbamates (subject to hydrolysis) is 1. The predicted octanol–water partition coefficient (Wildman–Crippen LogP) is 5.94. The van der Waals surface area contributed by atoms with Crippen LogP contribution in [-0.4, -0.2) is 64.2 Å². The molecular weight excluding hydrogens is 600 g/mol. The molecule has 2 aliphatic rings. The minimum Gasteiger partial charge on any atom is -0.491 e. The number of benzene rings is 2. The number of anilines is 1. The molecule has 248 valence electrons. The highest BCUT2D eigenvalue weighted by Gasteiger charge is 2.25. The minimum atomic E-state index is -0.462. The Hall–Kier alpha value is -4.71. The highest BCUT2D eigenvalue weighted by atomic mass is 16.5. The maximum absolute atomic E-state index is 12.2. The molecule has 12 heteroatoms. The average Bonchev–Trinajstić information content (AvgIpc) is 3.76. The number of nitrogens with one attached hydrogen (secondary N) is 1. The number of carbonyl (C=O) groups excluding carboxylic acids is 2. The second kappa shape index (κ2) is 15.3. The fourth-order valence-electron chi connectivity index (χ4n) is 5.90. The molecule has 1 amide bonds.